The first-order valence-corrected chi connectivity index (χ1v) is 7.05. The first-order chi connectivity index (χ1) is 8.33. The van der Waals surface area contributed by atoms with Crippen LogP contribution in [0.2, 0.25) is 0 Å². The molecule has 0 aromatic heterocycles. The van der Waals surface area contributed by atoms with Crippen molar-refractivity contribution in [2.24, 2.45) is 0 Å². The molecule has 0 radical (unpaired) electrons. The third-order valence-corrected chi connectivity index (χ3v) is 3.10. The summed E-state index contributed by atoms with van der Waals surface area (Å²) in [6.07, 6.45) is 4.70. The van der Waals surface area contributed by atoms with Crippen molar-refractivity contribution in [2.45, 2.75) is 64.5 Å². The Bertz CT molecular complexity index is 184. The monoisotopic (exact) mass is 260 g/mol. The second kappa shape index (κ2) is 8.86. The molecule has 0 fully saturated rings. The summed E-state index contributed by atoms with van der Waals surface area (Å²) in [5, 5.41) is 24.8. The zero-order valence-corrected chi connectivity index (χ0v) is 12.6. The van der Waals surface area contributed by atoms with Gasteiger partial charge in [0, 0.05) is 11.1 Å². The van der Waals surface area contributed by atoms with E-state index in [0.717, 1.165) is 25.9 Å². The molecule has 0 atom stereocenters. The molecule has 18 heavy (non-hydrogen) atoms. The lowest BCUT2D eigenvalue weighted by atomic mass is 10.1. The molecule has 0 bridgehead atoms. The van der Waals surface area contributed by atoms with E-state index in [1.807, 2.05) is 27.7 Å². The number of rotatable bonds is 11. The molecule has 0 amide bonds. The van der Waals surface area contributed by atoms with Crippen LogP contribution in [0, 0.1) is 0 Å². The molecule has 0 aliphatic carbocycles. The average Bonchev–Trinajstić information content (AvgIpc) is 2.32. The molecule has 0 aromatic rings. The van der Waals surface area contributed by atoms with E-state index >= 15 is 0 Å². The van der Waals surface area contributed by atoms with Crippen LogP contribution in [-0.2, 0) is 0 Å². The maximum Gasteiger partial charge on any atom is 0.0607 e. The van der Waals surface area contributed by atoms with Crippen molar-refractivity contribution in [3.63, 3.8) is 0 Å². The van der Waals surface area contributed by atoms with E-state index in [0.29, 0.717) is 0 Å². The molecular weight excluding hydrogens is 228 g/mol. The normalized spacial score (nSPS) is 13.0. The van der Waals surface area contributed by atoms with E-state index in [1.54, 1.807) is 0 Å². The Morgan fingerprint density at radius 2 is 1.00 bits per heavy atom. The summed E-state index contributed by atoms with van der Waals surface area (Å²) in [6.45, 7) is 10.3. The number of aliphatic hydroxyl groups excluding tert-OH is 2. The lowest BCUT2D eigenvalue weighted by molar-refractivity contribution is 0.187. The Morgan fingerprint density at radius 1 is 0.667 bits per heavy atom. The van der Waals surface area contributed by atoms with Crippen LogP contribution in [0.3, 0.4) is 0 Å². The highest BCUT2D eigenvalue weighted by molar-refractivity contribution is 4.76. The molecule has 0 saturated heterocycles. The minimum atomic E-state index is -0.160. The van der Waals surface area contributed by atoms with Crippen molar-refractivity contribution in [3.05, 3.63) is 0 Å². The third-order valence-electron chi connectivity index (χ3n) is 3.10. The van der Waals surface area contributed by atoms with Crippen molar-refractivity contribution < 1.29 is 10.2 Å². The average molecular weight is 260 g/mol. The molecule has 110 valence electrons. The topological polar surface area (TPSA) is 64.5 Å². The van der Waals surface area contributed by atoms with Crippen LogP contribution in [0.5, 0.6) is 0 Å². The van der Waals surface area contributed by atoms with Gasteiger partial charge in [-0.3, -0.25) is 0 Å². The molecule has 0 aromatic carbocycles. The lowest BCUT2D eigenvalue weighted by Crippen LogP contribution is -2.43. The molecule has 0 saturated carbocycles. The van der Waals surface area contributed by atoms with Crippen LogP contribution >= 0.6 is 0 Å². The zero-order valence-electron chi connectivity index (χ0n) is 12.6. The highest BCUT2D eigenvalue weighted by Gasteiger charge is 2.14. The Hall–Kier alpha value is -0.160. The highest BCUT2D eigenvalue weighted by Crippen LogP contribution is 2.04. The van der Waals surface area contributed by atoms with Gasteiger partial charge in [0.1, 0.15) is 0 Å². The van der Waals surface area contributed by atoms with Crippen molar-refractivity contribution in [2.75, 3.05) is 26.3 Å². The van der Waals surface area contributed by atoms with Gasteiger partial charge in [-0.15, -0.1) is 0 Å². The van der Waals surface area contributed by atoms with Gasteiger partial charge >= 0.3 is 0 Å². The second-order valence-corrected chi connectivity index (χ2v) is 6.35. The molecule has 0 rings (SSSR count). The molecule has 4 heteroatoms. The van der Waals surface area contributed by atoms with Gasteiger partial charge < -0.3 is 20.8 Å². The summed E-state index contributed by atoms with van der Waals surface area (Å²) in [7, 11) is 0. The smallest absolute Gasteiger partial charge is 0.0607 e. The van der Waals surface area contributed by atoms with E-state index in [1.165, 1.54) is 12.8 Å². The fraction of sp³-hybridized carbons (Fsp3) is 1.00. The Balaban J connectivity index is 3.32. The largest absolute Gasteiger partial charge is 0.394 e. The van der Waals surface area contributed by atoms with Gasteiger partial charge in [-0.25, -0.2) is 0 Å². The number of hydrogen-bond acceptors (Lipinski definition) is 4. The lowest BCUT2D eigenvalue weighted by Gasteiger charge is -2.24. The van der Waals surface area contributed by atoms with Crippen LogP contribution in [-0.4, -0.2) is 47.6 Å². The first kappa shape index (κ1) is 17.8. The van der Waals surface area contributed by atoms with Crippen LogP contribution in [0.1, 0.15) is 53.4 Å². The molecule has 0 aliphatic heterocycles. The SMILES string of the molecule is CC(C)(CO)NCCCCCCNC(C)(C)CO. The Labute approximate surface area is 112 Å². The fourth-order valence-corrected chi connectivity index (χ4v) is 1.57. The van der Waals surface area contributed by atoms with Crippen LogP contribution in [0.4, 0.5) is 0 Å². The molecular formula is C14H32N2O2. The van der Waals surface area contributed by atoms with Gasteiger partial charge in [0.05, 0.1) is 13.2 Å². The number of hydrogen-bond donors (Lipinski definition) is 4. The quantitative estimate of drug-likeness (QED) is 0.422. The van der Waals surface area contributed by atoms with E-state index in [4.69, 9.17) is 10.2 Å². The zero-order chi connectivity index (χ0) is 14.1. The van der Waals surface area contributed by atoms with E-state index in [2.05, 4.69) is 10.6 Å². The summed E-state index contributed by atoms with van der Waals surface area (Å²) in [6, 6.07) is 0. The van der Waals surface area contributed by atoms with Crippen molar-refractivity contribution in [3.8, 4) is 0 Å². The maximum atomic E-state index is 9.08. The van der Waals surface area contributed by atoms with E-state index in [9.17, 15) is 0 Å². The summed E-state index contributed by atoms with van der Waals surface area (Å²) >= 11 is 0. The predicted octanol–water partition coefficient (Wildman–Crippen LogP) is 1.27. The van der Waals surface area contributed by atoms with E-state index in [-0.39, 0.29) is 24.3 Å². The molecule has 0 aliphatic rings. The Kier molecular flexibility index (Phi) is 8.78. The van der Waals surface area contributed by atoms with Crippen molar-refractivity contribution in [1.29, 1.82) is 0 Å². The molecule has 0 unspecified atom stereocenters. The van der Waals surface area contributed by atoms with Crippen LogP contribution in [0.25, 0.3) is 0 Å². The van der Waals surface area contributed by atoms with E-state index < -0.39 is 0 Å². The van der Waals surface area contributed by atoms with Gasteiger partial charge in [-0.2, -0.15) is 0 Å². The summed E-state index contributed by atoms with van der Waals surface area (Å²) in [4.78, 5) is 0. The second-order valence-electron chi connectivity index (χ2n) is 6.35. The predicted molar refractivity (Wildman–Crippen MR) is 76.8 cm³/mol. The van der Waals surface area contributed by atoms with Crippen molar-refractivity contribution >= 4 is 0 Å². The minimum Gasteiger partial charge on any atom is -0.394 e. The molecule has 0 spiro atoms. The standard InChI is InChI=1S/C14H32N2O2/c1-13(2,11-17)15-9-7-5-6-8-10-16-14(3,4)12-18/h15-18H,5-12H2,1-4H3. The summed E-state index contributed by atoms with van der Waals surface area (Å²) in [5.41, 5.74) is -0.320. The summed E-state index contributed by atoms with van der Waals surface area (Å²) < 4.78 is 0. The molecule has 4 N–H and O–H groups in total. The third kappa shape index (κ3) is 9.83. The van der Waals surface area contributed by atoms with Gasteiger partial charge in [-0.05, 0) is 53.6 Å². The van der Waals surface area contributed by atoms with Crippen LogP contribution < -0.4 is 10.6 Å². The van der Waals surface area contributed by atoms with Crippen molar-refractivity contribution in [1.82, 2.24) is 10.6 Å². The first-order valence-electron chi connectivity index (χ1n) is 7.05. The van der Waals surface area contributed by atoms with Gasteiger partial charge in [-0.1, -0.05) is 12.8 Å². The number of unbranched alkanes of at least 4 members (excludes halogenated alkanes) is 3. The van der Waals surface area contributed by atoms with Crippen LogP contribution in [0.15, 0.2) is 0 Å². The Morgan fingerprint density at radius 3 is 1.28 bits per heavy atom. The molecule has 4 nitrogen and oxygen atoms in total. The molecule has 0 heterocycles. The minimum absolute atomic E-state index is 0.160. The highest BCUT2D eigenvalue weighted by atomic mass is 16.3. The number of aliphatic hydroxyl groups is 2. The van der Waals surface area contributed by atoms with Gasteiger partial charge in [0.15, 0.2) is 0 Å². The number of nitrogens with one attached hydrogen (secondary N) is 2. The fourth-order valence-electron chi connectivity index (χ4n) is 1.57. The van der Waals surface area contributed by atoms with Gasteiger partial charge in [0.2, 0.25) is 0 Å². The summed E-state index contributed by atoms with van der Waals surface area (Å²) in [5.74, 6) is 0. The van der Waals surface area contributed by atoms with Gasteiger partial charge in [0.25, 0.3) is 0 Å². The maximum absolute atomic E-state index is 9.08.